The molecule has 0 aromatic carbocycles. The molecule has 0 fully saturated rings. The molecule has 10 heteroatoms. The molecule has 0 radical (unpaired) electrons. The van der Waals surface area contributed by atoms with Crippen molar-refractivity contribution < 1.29 is 34.8 Å². The molecule has 0 bridgehead atoms. The van der Waals surface area contributed by atoms with Crippen LogP contribution in [-0.4, -0.2) is 25.3 Å². The van der Waals surface area contributed by atoms with Gasteiger partial charge >= 0.3 is 12.4 Å². The molecule has 0 saturated carbocycles. The van der Waals surface area contributed by atoms with Gasteiger partial charge in [0, 0.05) is 6.20 Å². The number of sulfone groups is 1. The second kappa shape index (κ2) is 5.82. The fourth-order valence-corrected chi connectivity index (χ4v) is 2.98. The number of aromatic nitrogens is 1. The summed E-state index contributed by atoms with van der Waals surface area (Å²) in [5.41, 5.74) is -2.07. The molecule has 1 aromatic rings. The van der Waals surface area contributed by atoms with Crippen molar-refractivity contribution in [3.63, 3.8) is 0 Å². The first-order valence-electron chi connectivity index (χ1n) is 5.65. The Hall–Kier alpha value is -1.32. The van der Waals surface area contributed by atoms with E-state index in [1.54, 1.807) is 0 Å². The zero-order valence-corrected chi connectivity index (χ0v) is 11.5. The van der Waals surface area contributed by atoms with E-state index in [-0.39, 0.29) is 0 Å². The number of hydrogen-bond acceptors (Lipinski definition) is 3. The highest BCUT2D eigenvalue weighted by atomic mass is 32.2. The number of rotatable bonds is 4. The normalized spacial score (nSPS) is 15.0. The van der Waals surface area contributed by atoms with Crippen LogP contribution in [0.3, 0.4) is 0 Å². The molecule has 1 aromatic heterocycles. The van der Waals surface area contributed by atoms with E-state index in [4.69, 9.17) is 0 Å². The predicted molar refractivity (Wildman–Crippen MR) is 62.1 cm³/mol. The first-order chi connectivity index (χ1) is 9.34. The van der Waals surface area contributed by atoms with Crippen LogP contribution < -0.4 is 0 Å². The maximum Gasteiger partial charge on any atom is 0.418 e. The predicted octanol–water partition coefficient (Wildman–Crippen LogP) is 3.53. The number of nitrogens with zero attached hydrogens (tertiary/aromatic N) is 1. The van der Waals surface area contributed by atoms with Gasteiger partial charge in [-0.05, 0) is 19.1 Å². The minimum absolute atomic E-state index is 0.637. The van der Waals surface area contributed by atoms with Crippen molar-refractivity contribution in [2.75, 3.05) is 5.75 Å². The fourth-order valence-electron chi connectivity index (χ4n) is 1.59. The Morgan fingerprint density at radius 1 is 1.19 bits per heavy atom. The minimum Gasteiger partial charge on any atom is -0.259 e. The number of halogens is 6. The van der Waals surface area contributed by atoms with Crippen molar-refractivity contribution in [3.8, 4) is 0 Å². The van der Waals surface area contributed by atoms with Gasteiger partial charge in [0.1, 0.15) is 5.25 Å². The summed E-state index contributed by atoms with van der Waals surface area (Å²) in [5, 5.41) is -1.78. The molecule has 0 aliphatic carbocycles. The third-order valence-corrected chi connectivity index (χ3v) is 4.81. The molecule has 1 heterocycles. The molecule has 120 valence electrons. The van der Waals surface area contributed by atoms with Crippen LogP contribution in [0.15, 0.2) is 18.3 Å². The minimum atomic E-state index is -4.84. The van der Waals surface area contributed by atoms with Gasteiger partial charge in [0.2, 0.25) is 0 Å². The smallest absolute Gasteiger partial charge is 0.259 e. The summed E-state index contributed by atoms with van der Waals surface area (Å²) in [5.74, 6) is -1.29. The highest BCUT2D eigenvalue weighted by Gasteiger charge is 2.39. The van der Waals surface area contributed by atoms with Crippen molar-refractivity contribution in [3.05, 3.63) is 29.6 Å². The molecule has 0 N–H and O–H groups in total. The summed E-state index contributed by atoms with van der Waals surface area (Å²) in [6.07, 6.45) is -10.2. The SMILES string of the molecule is CC(c1ncccc1C(F)(F)F)S(=O)(=O)CCC(F)(F)F. The Morgan fingerprint density at radius 3 is 2.24 bits per heavy atom. The lowest BCUT2D eigenvalue weighted by atomic mass is 10.1. The summed E-state index contributed by atoms with van der Waals surface area (Å²) in [4.78, 5) is 3.38. The molecule has 1 unspecified atom stereocenters. The van der Waals surface area contributed by atoms with Crippen molar-refractivity contribution in [2.24, 2.45) is 0 Å². The van der Waals surface area contributed by atoms with Gasteiger partial charge in [-0.15, -0.1) is 0 Å². The fraction of sp³-hybridized carbons (Fsp3) is 0.545. The van der Waals surface area contributed by atoms with Crippen molar-refractivity contribution in [1.82, 2.24) is 4.98 Å². The maximum atomic E-state index is 12.8. The zero-order chi connectivity index (χ0) is 16.5. The molecule has 1 atom stereocenters. The van der Waals surface area contributed by atoms with Crippen molar-refractivity contribution in [2.45, 2.75) is 30.9 Å². The first-order valence-corrected chi connectivity index (χ1v) is 7.36. The van der Waals surface area contributed by atoms with Crippen LogP contribution in [0.1, 0.15) is 29.9 Å². The molecular weight excluding hydrogens is 324 g/mol. The molecule has 0 aliphatic rings. The molecule has 0 saturated heterocycles. The number of hydrogen-bond donors (Lipinski definition) is 0. The largest absolute Gasteiger partial charge is 0.418 e. The summed E-state index contributed by atoms with van der Waals surface area (Å²) in [6, 6.07) is 1.61. The first kappa shape index (κ1) is 17.7. The van der Waals surface area contributed by atoms with E-state index in [1.807, 2.05) is 0 Å². The van der Waals surface area contributed by atoms with Gasteiger partial charge in [-0.2, -0.15) is 26.3 Å². The average molecular weight is 335 g/mol. The average Bonchev–Trinajstić information content (AvgIpc) is 2.34. The lowest BCUT2D eigenvalue weighted by Gasteiger charge is -2.18. The Labute approximate surface area is 116 Å². The molecule has 0 aliphatic heterocycles. The lowest BCUT2D eigenvalue weighted by molar-refractivity contribution is -0.138. The highest BCUT2D eigenvalue weighted by Crippen LogP contribution is 2.36. The number of pyridine rings is 1. The van der Waals surface area contributed by atoms with Crippen LogP contribution in [0.5, 0.6) is 0 Å². The van der Waals surface area contributed by atoms with E-state index < -0.39 is 50.9 Å². The Morgan fingerprint density at radius 2 is 1.76 bits per heavy atom. The van der Waals surface area contributed by atoms with Gasteiger partial charge in [-0.1, -0.05) is 0 Å². The second-order valence-electron chi connectivity index (χ2n) is 4.31. The van der Waals surface area contributed by atoms with E-state index >= 15 is 0 Å². The van der Waals surface area contributed by atoms with Gasteiger partial charge in [-0.25, -0.2) is 8.42 Å². The third-order valence-electron chi connectivity index (χ3n) is 2.74. The Balaban J connectivity index is 3.12. The van der Waals surface area contributed by atoms with E-state index in [2.05, 4.69) is 4.98 Å². The topological polar surface area (TPSA) is 47.0 Å². The van der Waals surface area contributed by atoms with Gasteiger partial charge < -0.3 is 0 Å². The molecule has 1 rings (SSSR count). The Bertz CT molecular complexity index is 593. The molecular formula is C11H11F6NO2S. The van der Waals surface area contributed by atoms with E-state index in [0.717, 1.165) is 19.2 Å². The monoisotopic (exact) mass is 335 g/mol. The van der Waals surface area contributed by atoms with E-state index in [0.29, 0.717) is 6.07 Å². The van der Waals surface area contributed by atoms with Crippen LogP contribution in [0.25, 0.3) is 0 Å². The zero-order valence-electron chi connectivity index (χ0n) is 10.7. The Kier molecular flexibility index (Phi) is 4.91. The third kappa shape index (κ3) is 4.87. The van der Waals surface area contributed by atoms with Crippen LogP contribution >= 0.6 is 0 Å². The highest BCUT2D eigenvalue weighted by molar-refractivity contribution is 7.91. The summed E-state index contributed by atoms with van der Waals surface area (Å²) < 4.78 is 98.0. The quantitative estimate of drug-likeness (QED) is 0.791. The van der Waals surface area contributed by atoms with Crippen LogP contribution in [0.2, 0.25) is 0 Å². The standard InChI is InChI=1S/C11H11F6NO2S/c1-7(21(19,20)6-4-10(12,13)14)9-8(11(15,16)17)3-2-5-18-9/h2-3,5,7H,4,6H2,1H3. The maximum absolute atomic E-state index is 12.8. The van der Waals surface area contributed by atoms with E-state index in [9.17, 15) is 34.8 Å². The van der Waals surface area contributed by atoms with Crippen molar-refractivity contribution in [1.29, 1.82) is 0 Å². The molecule has 0 amide bonds. The van der Waals surface area contributed by atoms with Gasteiger partial charge in [0.05, 0.1) is 23.4 Å². The molecule has 21 heavy (non-hydrogen) atoms. The second-order valence-corrected chi connectivity index (χ2v) is 6.75. The van der Waals surface area contributed by atoms with Crippen LogP contribution in [0.4, 0.5) is 26.3 Å². The van der Waals surface area contributed by atoms with E-state index in [1.165, 1.54) is 0 Å². The van der Waals surface area contributed by atoms with Crippen molar-refractivity contribution >= 4 is 9.84 Å². The summed E-state index contributed by atoms with van der Waals surface area (Å²) >= 11 is 0. The van der Waals surface area contributed by atoms with Gasteiger partial charge in [0.25, 0.3) is 0 Å². The summed E-state index contributed by atoms with van der Waals surface area (Å²) in [7, 11) is -4.41. The summed E-state index contributed by atoms with van der Waals surface area (Å²) in [6.45, 7) is 0.892. The van der Waals surface area contributed by atoms with Crippen LogP contribution in [-0.2, 0) is 16.0 Å². The van der Waals surface area contributed by atoms with Crippen LogP contribution in [0, 0.1) is 0 Å². The van der Waals surface area contributed by atoms with Gasteiger partial charge in [-0.3, -0.25) is 4.98 Å². The molecule has 3 nitrogen and oxygen atoms in total. The van der Waals surface area contributed by atoms with Gasteiger partial charge in [0.15, 0.2) is 9.84 Å². The number of alkyl halides is 6. The lowest BCUT2D eigenvalue weighted by Crippen LogP contribution is -2.23. The molecule has 0 spiro atoms.